The summed E-state index contributed by atoms with van der Waals surface area (Å²) in [5.41, 5.74) is 6.46. The van der Waals surface area contributed by atoms with Gasteiger partial charge in [-0.25, -0.2) is 0 Å². The first-order chi connectivity index (χ1) is 59.4. The Morgan fingerprint density at radius 3 is 1.23 bits per heavy atom. The number of allylic oxidation sites excluding steroid dienone is 5. The van der Waals surface area contributed by atoms with E-state index in [0.29, 0.717) is 229 Å². The number of aliphatic carboxylic acids is 1. The average molecular weight is 2250 g/mol. The number of thiol groups is 1. The number of rotatable bonds is 49. The minimum Gasteiger partial charge on any atom is -1.00 e. The molecule has 0 fully saturated rings. The molecule has 6 heterocycles. The summed E-state index contributed by atoms with van der Waals surface area (Å²) in [6, 6.07) is 19.2. The summed E-state index contributed by atoms with van der Waals surface area (Å²) in [6.07, 6.45) is 11.2. The van der Waals surface area contributed by atoms with Gasteiger partial charge in [-0.3, -0.25) is 47.3 Å². The predicted molar refractivity (Wildman–Crippen MR) is 475 cm³/mol. The SMILES string of the molecule is Br.CC(=O)O.COC1C=CC2=C(C=CC(=O)C2)N1.COCCOCCOCCOS(=O)(=O)c1ccc(C)cc1.COCCOCCOCCn1c(=O)c(Br)cc2c1cc(Br)c(=O)n2CCOCCOCCOC.COCCOCCOCCn1c(=O)ccc2c1ccc(=O)n2CCOCCOCCOC.O=C1C=Cc2[nH]c(=O)ccc2C1.O=CO[O-].[B]=NS.[Cs+].[Cs+].[H-]. The second-order valence-electron chi connectivity index (χ2n) is 24.9. The minimum absolute atomic E-state index is 0. The van der Waals surface area contributed by atoms with E-state index in [0.717, 1.165) is 35.0 Å². The number of methoxy groups -OCH3 is 6. The number of nitrogens with one attached hydrogen (secondary N) is 2. The second-order valence-corrected chi connectivity index (χ2v) is 28.5. The molecule has 38 nitrogen and oxygen atoms in total. The normalized spacial score (nSPS) is 12.5. The molecule has 3 aliphatic rings. The number of ether oxygens (including phenoxy) is 16. The van der Waals surface area contributed by atoms with Gasteiger partial charge < -0.3 is 121 Å². The number of halogens is 3. The Balaban J connectivity index is -0.00000152. The van der Waals surface area contributed by atoms with Gasteiger partial charge in [-0.15, -0.1) is 17.0 Å². The zero-order chi connectivity index (χ0) is 90.8. The number of aromatic nitrogens is 5. The number of hydrogen-bond acceptors (Lipinski definition) is 33. The third-order valence-corrected chi connectivity index (χ3v) is 18.6. The van der Waals surface area contributed by atoms with E-state index in [-0.39, 0.29) is 226 Å². The summed E-state index contributed by atoms with van der Waals surface area (Å²) in [6.45, 7) is 15.3. The van der Waals surface area contributed by atoms with Crippen LogP contribution in [0.3, 0.4) is 0 Å². The molecule has 693 valence electrons. The van der Waals surface area contributed by atoms with Crippen molar-refractivity contribution in [2.45, 2.75) is 64.0 Å². The molecule has 1 radical (unpaired) electrons. The number of fused-ring (bicyclic) bond motifs is 3. The smallest absolute Gasteiger partial charge is 1.00 e. The first-order valence-electron chi connectivity index (χ1n) is 38.2. The van der Waals surface area contributed by atoms with Crippen molar-refractivity contribution >= 4 is 132 Å². The van der Waals surface area contributed by atoms with Crippen molar-refractivity contribution in [3.8, 4) is 0 Å². The van der Waals surface area contributed by atoms with Gasteiger partial charge in [-0.1, -0.05) is 29.8 Å². The fraction of sp³-hybridized carbons (Fsp3) is 0.512. The van der Waals surface area contributed by atoms with E-state index in [1.807, 2.05) is 19.1 Å². The predicted octanol–water partition coefficient (Wildman–Crippen LogP) is -1.23. The van der Waals surface area contributed by atoms with Crippen molar-refractivity contribution < 1.29 is 262 Å². The van der Waals surface area contributed by atoms with Gasteiger partial charge in [0, 0.05) is 118 Å². The second kappa shape index (κ2) is 79.0. The molecule has 0 spiro atoms. The molecule has 46 heteroatoms. The molecule has 1 atom stereocenters. The molecule has 0 amide bonds. The van der Waals surface area contributed by atoms with Crippen LogP contribution < -0.4 is 176 Å². The number of carboxylic acid groups (broad SMARTS) is 1. The standard InChI is InChI=1S/C22H32Br2N2O8.C22H34N2O8.C14H22O6S.C10H11NO2.C9H7NO2.C2H4O2.CH2O3.BHNS.BrH.2Cs.H/c1-29-7-9-33-13-11-31-5-3-25-19-15-18(24)22(28)26(20(19)16-17(23)21(25)27)4-6-32-12-14-34-10-8-30-2;1-27-11-13-31-17-15-29-9-7-23-19-3-6-22(26)24(20(19)4-5-21(23)25)8-10-30-16-18-32-14-12-28-2;1-13-3-5-14(6-4-13)21(15,16)20-12-11-19-10-9-18-8-7-17-2;1-13-10-5-2-7-6-8(12)3-4-9(7)11-10;11-7-2-3-8-6(5-7)1-4-9(12)10-8;1-2(3)4;2-1-4-3;1-2-3;;;;/h15-16H,3-14H2,1-2H3;3-6H,7-18H2,1-2H3;3-6H,7-12H2,1-2H3;2-5,10-11H,6H2,1H3;1-4H,5H2,(H,10,12);1H3,(H,3,4);1,3H;3H;1H;;;/q;;;;;;;;;2*+1;-1/p-1. The first kappa shape index (κ1) is 125. The van der Waals surface area contributed by atoms with Crippen LogP contribution >= 0.6 is 61.7 Å². The molecular weight excluding hydrogens is 2140 g/mol. The summed E-state index contributed by atoms with van der Waals surface area (Å²) < 4.78 is 122. The molecule has 0 saturated carbocycles. The van der Waals surface area contributed by atoms with Gasteiger partial charge >= 0.3 is 163 Å². The van der Waals surface area contributed by atoms with E-state index in [9.17, 15) is 42.0 Å². The number of carbonyl (C=O) groups excluding carboxylic acids is 3. The molecule has 1 aliphatic heterocycles. The van der Waals surface area contributed by atoms with Crippen LogP contribution in [0.15, 0.2) is 157 Å². The van der Waals surface area contributed by atoms with Crippen molar-refractivity contribution in [2.75, 3.05) is 214 Å². The average Bonchev–Trinajstić information content (AvgIpc) is 0.757. The van der Waals surface area contributed by atoms with Crippen molar-refractivity contribution in [3.63, 3.8) is 0 Å². The van der Waals surface area contributed by atoms with Crippen LogP contribution in [0.1, 0.15) is 31.6 Å². The third-order valence-electron chi connectivity index (χ3n) is 16.1. The third kappa shape index (κ3) is 54.6. The summed E-state index contributed by atoms with van der Waals surface area (Å²) >= 11 is 9.86. The van der Waals surface area contributed by atoms with E-state index in [1.165, 1.54) is 36.4 Å². The Kier molecular flexibility index (Phi) is 78.0. The van der Waals surface area contributed by atoms with Gasteiger partial charge in [-0.05, 0) is 117 Å². The first-order valence-corrected chi connectivity index (χ1v) is 41.6. The summed E-state index contributed by atoms with van der Waals surface area (Å²) in [4.78, 5) is 106. The van der Waals surface area contributed by atoms with Gasteiger partial charge in [0.1, 0.15) is 6.23 Å². The van der Waals surface area contributed by atoms with E-state index in [2.05, 4.69) is 71.8 Å². The van der Waals surface area contributed by atoms with Crippen LogP contribution in [-0.4, -0.2) is 289 Å². The molecule has 126 heavy (non-hydrogen) atoms. The van der Waals surface area contributed by atoms with E-state index < -0.39 is 16.1 Å². The molecule has 9 rings (SSSR count). The number of benzene rings is 1. The van der Waals surface area contributed by atoms with Crippen molar-refractivity contribution in [1.82, 2.24) is 28.6 Å². The fourth-order valence-electron chi connectivity index (χ4n) is 10.3. The van der Waals surface area contributed by atoms with Crippen LogP contribution in [0.5, 0.6) is 0 Å². The van der Waals surface area contributed by atoms with Crippen molar-refractivity contribution in [1.29, 1.82) is 0 Å². The Bertz CT molecular complexity index is 4490. The van der Waals surface area contributed by atoms with Crippen LogP contribution in [0.25, 0.3) is 28.1 Å². The number of aryl methyl sites for hydroxylation is 1. The number of pyridine rings is 5. The van der Waals surface area contributed by atoms with Gasteiger partial charge in [0.15, 0.2) is 11.6 Å². The molecule has 3 N–H and O–H groups in total. The Hall–Kier alpha value is -3.48. The van der Waals surface area contributed by atoms with E-state index in [1.54, 1.807) is 122 Å². The van der Waals surface area contributed by atoms with E-state index in [4.69, 9.17) is 99.9 Å². The molecule has 0 bridgehead atoms. The summed E-state index contributed by atoms with van der Waals surface area (Å²) in [5, 5.41) is 19.0. The number of hydrogen-bond donors (Lipinski definition) is 4. The number of nitrogens with zero attached hydrogens (tertiary/aromatic N) is 5. The number of aromatic amines is 1. The van der Waals surface area contributed by atoms with Crippen LogP contribution in [0.4, 0.5) is 0 Å². The molecule has 5 aromatic heterocycles. The minimum atomic E-state index is -3.71. The number of ketones is 2. The van der Waals surface area contributed by atoms with Gasteiger partial charge in [0.2, 0.25) is 5.56 Å². The monoisotopic (exact) mass is 2250 g/mol. The zero-order valence-electron chi connectivity index (χ0n) is 73.7. The largest absolute Gasteiger partial charge is 1.00 e. The number of carbonyl (C=O) groups is 4. The van der Waals surface area contributed by atoms with Crippen molar-refractivity contribution in [2.24, 2.45) is 4.30 Å². The topological polar surface area (TPSA) is 457 Å². The molecule has 1 unspecified atom stereocenters. The maximum atomic E-state index is 12.8. The van der Waals surface area contributed by atoms with Crippen LogP contribution in [0, 0.1) is 6.92 Å². The van der Waals surface area contributed by atoms with Crippen LogP contribution in [-0.2, 0) is 147 Å². The fourth-order valence-corrected chi connectivity index (χ4v) is 12.0. The van der Waals surface area contributed by atoms with Gasteiger partial charge in [0.05, 0.1) is 208 Å². The summed E-state index contributed by atoms with van der Waals surface area (Å²) in [7, 11) is 10.3. The van der Waals surface area contributed by atoms with Gasteiger partial charge in [0.25, 0.3) is 44.8 Å². The van der Waals surface area contributed by atoms with Crippen LogP contribution in [0.2, 0.25) is 0 Å². The maximum Gasteiger partial charge on any atom is 1.00 e. The number of H-pyrrole nitrogens is 1. The number of dihydropyridines is 1. The van der Waals surface area contributed by atoms with Crippen molar-refractivity contribution in [3.05, 3.63) is 192 Å². The Morgan fingerprint density at radius 1 is 0.524 bits per heavy atom. The molecule has 0 saturated heterocycles. The molecule has 6 aromatic rings. The molecular formula is C80H114BBr3Cs2N7O31S2. The Labute approximate surface area is 885 Å². The Morgan fingerprint density at radius 2 is 0.865 bits per heavy atom. The van der Waals surface area contributed by atoms with Gasteiger partial charge in [-0.2, -0.15) is 8.42 Å². The quantitative estimate of drug-likeness (QED) is 0.00661. The molecule has 1 aromatic carbocycles. The zero-order valence-corrected chi connectivity index (χ0v) is 91.9. The maximum absolute atomic E-state index is 12.8. The number of carboxylic acids is 1. The van der Waals surface area contributed by atoms with E-state index >= 15 is 0 Å². The summed E-state index contributed by atoms with van der Waals surface area (Å²) in [5.74, 6) is -0.601. The molecule has 2 aliphatic carbocycles.